The second-order valence-electron chi connectivity index (χ2n) is 6.02. The monoisotopic (exact) mass is 274 g/mol. The Hall–Kier alpha value is -0.280. The molecule has 2 N–H and O–H groups in total. The van der Waals surface area contributed by atoms with Crippen LogP contribution in [0.5, 0.6) is 0 Å². The van der Waals surface area contributed by atoms with Gasteiger partial charge in [-0.25, -0.2) is 0 Å². The van der Waals surface area contributed by atoms with Crippen molar-refractivity contribution in [1.82, 2.24) is 10.6 Å². The summed E-state index contributed by atoms with van der Waals surface area (Å²) >= 11 is 0. The van der Waals surface area contributed by atoms with E-state index in [-0.39, 0.29) is 18.3 Å². The van der Waals surface area contributed by atoms with Gasteiger partial charge in [-0.3, -0.25) is 4.79 Å². The molecule has 0 aromatic heterocycles. The van der Waals surface area contributed by atoms with E-state index in [9.17, 15) is 4.79 Å². The predicted octanol–water partition coefficient (Wildman–Crippen LogP) is 2.35. The Labute approximate surface area is 117 Å². The Kier molecular flexibility index (Phi) is 6.44. The highest BCUT2D eigenvalue weighted by Gasteiger charge is 2.28. The first kappa shape index (κ1) is 15.8. The van der Waals surface area contributed by atoms with Crippen molar-refractivity contribution in [3.63, 3.8) is 0 Å². The van der Waals surface area contributed by atoms with Gasteiger partial charge in [-0.05, 0) is 43.6 Å². The highest BCUT2D eigenvalue weighted by molar-refractivity contribution is 5.85. The van der Waals surface area contributed by atoms with Gasteiger partial charge in [0, 0.05) is 6.04 Å². The van der Waals surface area contributed by atoms with Gasteiger partial charge in [0.2, 0.25) is 5.91 Å². The number of amides is 1. The van der Waals surface area contributed by atoms with Gasteiger partial charge in [-0.2, -0.15) is 0 Å². The number of halogens is 1. The first-order valence-corrected chi connectivity index (χ1v) is 7.17. The molecule has 4 heteroatoms. The van der Waals surface area contributed by atoms with Gasteiger partial charge in [-0.1, -0.05) is 26.7 Å². The third-order valence-electron chi connectivity index (χ3n) is 4.47. The highest BCUT2D eigenvalue weighted by atomic mass is 35.5. The molecular formula is C14H27ClN2O. The molecule has 0 heterocycles. The summed E-state index contributed by atoms with van der Waals surface area (Å²) in [6.45, 7) is 6.08. The maximum Gasteiger partial charge on any atom is 0.234 e. The lowest BCUT2D eigenvalue weighted by atomic mass is 9.78. The molecule has 2 fully saturated rings. The maximum atomic E-state index is 11.8. The first-order valence-electron chi connectivity index (χ1n) is 7.17. The molecule has 106 valence electrons. The highest BCUT2D eigenvalue weighted by Crippen LogP contribution is 2.29. The van der Waals surface area contributed by atoms with E-state index in [1.54, 1.807) is 0 Å². The lowest BCUT2D eigenvalue weighted by molar-refractivity contribution is -0.121. The molecule has 3 atom stereocenters. The molecule has 0 aromatic carbocycles. The van der Waals surface area contributed by atoms with Crippen molar-refractivity contribution in [2.24, 2.45) is 17.8 Å². The summed E-state index contributed by atoms with van der Waals surface area (Å²) < 4.78 is 0. The fourth-order valence-electron chi connectivity index (χ4n) is 2.76. The summed E-state index contributed by atoms with van der Waals surface area (Å²) in [6, 6.07) is 0.397. The average Bonchev–Trinajstić information content (AvgIpc) is 3.09. The van der Waals surface area contributed by atoms with Crippen molar-refractivity contribution in [3.8, 4) is 0 Å². The normalized spacial score (nSPS) is 31.6. The molecule has 2 saturated carbocycles. The number of rotatable bonds is 5. The van der Waals surface area contributed by atoms with Crippen molar-refractivity contribution in [1.29, 1.82) is 0 Å². The van der Waals surface area contributed by atoms with Crippen LogP contribution < -0.4 is 10.6 Å². The van der Waals surface area contributed by atoms with Crippen molar-refractivity contribution < 1.29 is 4.79 Å². The molecule has 0 spiro atoms. The molecule has 3 nitrogen and oxygen atoms in total. The largest absolute Gasteiger partial charge is 0.352 e. The van der Waals surface area contributed by atoms with Gasteiger partial charge < -0.3 is 10.6 Å². The van der Waals surface area contributed by atoms with E-state index in [1.807, 2.05) is 0 Å². The zero-order valence-corrected chi connectivity index (χ0v) is 12.4. The van der Waals surface area contributed by atoms with E-state index in [0.717, 1.165) is 24.8 Å². The smallest absolute Gasteiger partial charge is 0.234 e. The van der Waals surface area contributed by atoms with Crippen molar-refractivity contribution in [2.75, 3.05) is 13.1 Å². The molecule has 2 aliphatic carbocycles. The van der Waals surface area contributed by atoms with Gasteiger partial charge in [0.15, 0.2) is 0 Å². The van der Waals surface area contributed by atoms with Gasteiger partial charge in [-0.15, -0.1) is 12.4 Å². The Balaban J connectivity index is 0.00000162. The minimum atomic E-state index is 0. The third kappa shape index (κ3) is 4.77. The summed E-state index contributed by atoms with van der Waals surface area (Å²) in [6.07, 6.45) is 6.40. The van der Waals surface area contributed by atoms with E-state index < -0.39 is 0 Å². The second kappa shape index (κ2) is 7.34. The predicted molar refractivity (Wildman–Crippen MR) is 77.0 cm³/mol. The lowest BCUT2D eigenvalue weighted by Gasteiger charge is -2.34. The van der Waals surface area contributed by atoms with E-state index in [2.05, 4.69) is 24.5 Å². The van der Waals surface area contributed by atoms with Crippen LogP contribution in [0.25, 0.3) is 0 Å². The standard InChI is InChI=1S/C14H26N2O.ClH/c1-10-4-3-5-13(11(10)2)16-14(17)9-15-8-12-6-7-12;/h10-13,15H,3-9H2,1-2H3,(H,16,17);1H. The molecule has 2 aliphatic rings. The number of carbonyl (C=O) groups excluding carboxylic acids is 1. The first-order chi connectivity index (χ1) is 8.16. The minimum Gasteiger partial charge on any atom is -0.352 e. The van der Waals surface area contributed by atoms with Crippen LogP contribution in [-0.4, -0.2) is 25.0 Å². The zero-order valence-electron chi connectivity index (χ0n) is 11.6. The van der Waals surface area contributed by atoms with E-state index in [4.69, 9.17) is 0 Å². The zero-order chi connectivity index (χ0) is 12.3. The van der Waals surface area contributed by atoms with Crippen LogP contribution in [0.2, 0.25) is 0 Å². The summed E-state index contributed by atoms with van der Waals surface area (Å²) in [5, 5.41) is 6.44. The Morgan fingerprint density at radius 3 is 2.56 bits per heavy atom. The molecule has 1 amide bonds. The molecule has 0 aliphatic heterocycles. The Morgan fingerprint density at radius 2 is 1.89 bits per heavy atom. The SMILES string of the molecule is CC1CCCC(NC(=O)CNCC2CC2)C1C.Cl. The van der Waals surface area contributed by atoms with Crippen molar-refractivity contribution in [2.45, 2.75) is 52.0 Å². The molecule has 3 unspecified atom stereocenters. The fraction of sp³-hybridized carbons (Fsp3) is 0.929. The number of hydrogen-bond acceptors (Lipinski definition) is 2. The van der Waals surface area contributed by atoms with E-state index in [0.29, 0.717) is 18.5 Å². The average molecular weight is 275 g/mol. The molecular weight excluding hydrogens is 248 g/mol. The van der Waals surface area contributed by atoms with Crippen LogP contribution in [-0.2, 0) is 4.79 Å². The van der Waals surface area contributed by atoms with Gasteiger partial charge in [0.25, 0.3) is 0 Å². The van der Waals surface area contributed by atoms with Crippen LogP contribution in [0.15, 0.2) is 0 Å². The topological polar surface area (TPSA) is 41.1 Å². The quantitative estimate of drug-likeness (QED) is 0.808. The number of hydrogen-bond donors (Lipinski definition) is 2. The summed E-state index contributed by atoms with van der Waals surface area (Å²) in [4.78, 5) is 11.8. The molecule has 0 aromatic rings. The Bertz CT molecular complexity index is 269. The van der Waals surface area contributed by atoms with Gasteiger partial charge in [0.1, 0.15) is 0 Å². The molecule has 18 heavy (non-hydrogen) atoms. The van der Waals surface area contributed by atoms with Crippen LogP contribution in [0.3, 0.4) is 0 Å². The third-order valence-corrected chi connectivity index (χ3v) is 4.47. The lowest BCUT2D eigenvalue weighted by Crippen LogP contribution is -2.46. The van der Waals surface area contributed by atoms with Crippen LogP contribution >= 0.6 is 12.4 Å². The van der Waals surface area contributed by atoms with E-state index in [1.165, 1.54) is 25.7 Å². The van der Waals surface area contributed by atoms with Crippen molar-refractivity contribution >= 4 is 18.3 Å². The van der Waals surface area contributed by atoms with Gasteiger partial charge in [0.05, 0.1) is 6.54 Å². The number of nitrogens with one attached hydrogen (secondary N) is 2. The number of carbonyl (C=O) groups is 1. The van der Waals surface area contributed by atoms with Gasteiger partial charge >= 0.3 is 0 Å². The van der Waals surface area contributed by atoms with Crippen LogP contribution in [0, 0.1) is 17.8 Å². The maximum absolute atomic E-state index is 11.8. The molecule has 0 saturated heterocycles. The fourth-order valence-corrected chi connectivity index (χ4v) is 2.76. The van der Waals surface area contributed by atoms with Crippen molar-refractivity contribution in [3.05, 3.63) is 0 Å². The molecule has 0 bridgehead atoms. The summed E-state index contributed by atoms with van der Waals surface area (Å²) in [5.74, 6) is 2.39. The van der Waals surface area contributed by atoms with Crippen LogP contribution in [0.4, 0.5) is 0 Å². The minimum absolute atomic E-state index is 0. The summed E-state index contributed by atoms with van der Waals surface area (Å²) in [5.41, 5.74) is 0. The molecule has 0 radical (unpaired) electrons. The second-order valence-corrected chi connectivity index (χ2v) is 6.02. The molecule has 2 rings (SSSR count). The summed E-state index contributed by atoms with van der Waals surface area (Å²) in [7, 11) is 0. The van der Waals surface area contributed by atoms with Crippen LogP contribution in [0.1, 0.15) is 46.0 Å². The van der Waals surface area contributed by atoms with E-state index >= 15 is 0 Å². The Morgan fingerprint density at radius 1 is 1.17 bits per heavy atom.